The molecule has 0 aromatic heterocycles. The lowest BCUT2D eigenvalue weighted by Gasteiger charge is -2.16. The molecule has 0 unspecified atom stereocenters. The van der Waals surface area contributed by atoms with E-state index in [-0.39, 0.29) is 0 Å². The van der Waals surface area contributed by atoms with Crippen molar-refractivity contribution in [3.8, 4) is 5.75 Å². The number of allylic oxidation sites excluding steroid dienone is 1. The molecule has 0 spiro atoms. The highest BCUT2D eigenvalue weighted by Gasteiger charge is 2.13. The number of rotatable bonds is 5. The van der Waals surface area contributed by atoms with E-state index in [1.54, 1.807) is 0 Å². The SMILES string of the molecule is Clc1ccc(C=CC2=NCCc3cc(OCc4ccc(Cl)cc4)ccc32)cc1. The topological polar surface area (TPSA) is 21.6 Å². The van der Waals surface area contributed by atoms with E-state index in [1.165, 1.54) is 5.56 Å². The van der Waals surface area contributed by atoms with Gasteiger partial charge < -0.3 is 4.74 Å². The summed E-state index contributed by atoms with van der Waals surface area (Å²) in [4.78, 5) is 4.69. The van der Waals surface area contributed by atoms with Crippen LogP contribution in [0.25, 0.3) is 6.08 Å². The van der Waals surface area contributed by atoms with E-state index in [1.807, 2.05) is 54.6 Å². The van der Waals surface area contributed by atoms with Crippen molar-refractivity contribution in [3.63, 3.8) is 0 Å². The molecule has 4 rings (SSSR count). The van der Waals surface area contributed by atoms with Gasteiger partial charge in [0.15, 0.2) is 0 Å². The smallest absolute Gasteiger partial charge is 0.120 e. The van der Waals surface area contributed by atoms with Gasteiger partial charge in [-0.05, 0) is 71.7 Å². The Morgan fingerprint density at radius 2 is 1.57 bits per heavy atom. The predicted molar refractivity (Wildman–Crippen MR) is 118 cm³/mol. The summed E-state index contributed by atoms with van der Waals surface area (Å²) in [6, 6.07) is 21.7. The van der Waals surface area contributed by atoms with Crippen molar-refractivity contribution in [1.29, 1.82) is 0 Å². The molecule has 3 aromatic carbocycles. The second-order valence-electron chi connectivity index (χ2n) is 6.64. The molecule has 0 bridgehead atoms. The van der Waals surface area contributed by atoms with Crippen LogP contribution in [0.5, 0.6) is 5.75 Å². The summed E-state index contributed by atoms with van der Waals surface area (Å²) in [5.41, 5.74) is 5.62. The Bertz CT molecular complexity index is 1020. The fourth-order valence-corrected chi connectivity index (χ4v) is 3.39. The quantitative estimate of drug-likeness (QED) is 0.464. The van der Waals surface area contributed by atoms with Crippen LogP contribution in [-0.2, 0) is 13.0 Å². The molecule has 0 saturated heterocycles. The van der Waals surface area contributed by atoms with Crippen LogP contribution in [0.2, 0.25) is 10.0 Å². The number of fused-ring (bicyclic) bond motifs is 1. The van der Waals surface area contributed by atoms with Gasteiger partial charge in [-0.3, -0.25) is 4.99 Å². The fourth-order valence-electron chi connectivity index (χ4n) is 3.14. The van der Waals surface area contributed by atoms with E-state index in [2.05, 4.69) is 29.3 Å². The molecule has 3 aromatic rings. The molecule has 0 atom stereocenters. The minimum absolute atomic E-state index is 0.521. The average Bonchev–Trinajstić information content (AvgIpc) is 2.72. The van der Waals surface area contributed by atoms with Crippen LogP contribution in [-0.4, -0.2) is 12.3 Å². The summed E-state index contributed by atoms with van der Waals surface area (Å²) in [5, 5.41) is 1.47. The van der Waals surface area contributed by atoms with Crippen LogP contribution in [0, 0.1) is 0 Å². The van der Waals surface area contributed by atoms with E-state index in [0.717, 1.165) is 51.2 Å². The van der Waals surface area contributed by atoms with Crippen molar-refractivity contribution in [3.05, 3.63) is 105 Å². The first-order valence-corrected chi connectivity index (χ1v) is 9.92. The van der Waals surface area contributed by atoms with Crippen LogP contribution in [0.4, 0.5) is 0 Å². The lowest BCUT2D eigenvalue weighted by molar-refractivity contribution is 0.306. The summed E-state index contributed by atoms with van der Waals surface area (Å²) in [6.45, 7) is 1.31. The minimum Gasteiger partial charge on any atom is -0.489 e. The van der Waals surface area contributed by atoms with E-state index in [4.69, 9.17) is 27.9 Å². The second-order valence-corrected chi connectivity index (χ2v) is 7.51. The molecule has 140 valence electrons. The highest BCUT2D eigenvalue weighted by Crippen LogP contribution is 2.24. The third kappa shape index (κ3) is 4.64. The molecule has 2 nitrogen and oxygen atoms in total. The fraction of sp³-hybridized carbons (Fsp3) is 0.125. The van der Waals surface area contributed by atoms with Gasteiger partial charge in [0.2, 0.25) is 0 Å². The second kappa shape index (κ2) is 8.64. The Morgan fingerprint density at radius 1 is 0.857 bits per heavy atom. The molecule has 1 aliphatic rings. The lowest BCUT2D eigenvalue weighted by atomic mass is 9.96. The Morgan fingerprint density at radius 3 is 2.32 bits per heavy atom. The molecular weight excluding hydrogens is 389 g/mol. The van der Waals surface area contributed by atoms with Crippen molar-refractivity contribution in [1.82, 2.24) is 0 Å². The molecule has 28 heavy (non-hydrogen) atoms. The largest absolute Gasteiger partial charge is 0.489 e. The predicted octanol–water partition coefficient (Wildman–Crippen LogP) is 6.63. The van der Waals surface area contributed by atoms with Gasteiger partial charge in [-0.15, -0.1) is 0 Å². The Balaban J connectivity index is 1.47. The maximum Gasteiger partial charge on any atom is 0.120 e. The number of benzene rings is 3. The lowest BCUT2D eigenvalue weighted by Crippen LogP contribution is -2.11. The number of aliphatic imine (C=N–C) groups is 1. The van der Waals surface area contributed by atoms with Gasteiger partial charge in [0.1, 0.15) is 12.4 Å². The molecule has 0 aliphatic carbocycles. The maximum atomic E-state index is 5.96. The van der Waals surface area contributed by atoms with Gasteiger partial charge in [-0.1, -0.05) is 53.5 Å². The highest BCUT2D eigenvalue weighted by atomic mass is 35.5. The zero-order valence-corrected chi connectivity index (χ0v) is 16.8. The Hall–Kier alpha value is -2.55. The van der Waals surface area contributed by atoms with Gasteiger partial charge in [0.05, 0.1) is 5.71 Å². The average molecular weight is 408 g/mol. The van der Waals surface area contributed by atoms with Crippen LogP contribution >= 0.6 is 23.2 Å². The standard InChI is InChI=1S/C24H19Cl2NO/c25-20-6-1-17(2-7-20)5-12-24-23-11-10-22(15-19(23)13-14-27-24)28-16-18-3-8-21(26)9-4-18/h1-12,15H,13-14,16H2. The Labute approximate surface area is 175 Å². The molecule has 0 saturated carbocycles. The first kappa shape index (κ1) is 18.8. The molecule has 0 N–H and O–H groups in total. The van der Waals surface area contributed by atoms with Gasteiger partial charge in [-0.2, -0.15) is 0 Å². The zero-order valence-electron chi connectivity index (χ0n) is 15.2. The number of hydrogen-bond donors (Lipinski definition) is 0. The molecule has 0 fully saturated rings. The van der Waals surface area contributed by atoms with Gasteiger partial charge in [-0.25, -0.2) is 0 Å². The maximum absolute atomic E-state index is 5.96. The minimum atomic E-state index is 0.521. The third-order valence-electron chi connectivity index (χ3n) is 4.64. The number of hydrogen-bond acceptors (Lipinski definition) is 2. The third-order valence-corrected chi connectivity index (χ3v) is 5.14. The number of nitrogens with zero attached hydrogens (tertiary/aromatic N) is 1. The van der Waals surface area contributed by atoms with Gasteiger partial charge in [0, 0.05) is 22.2 Å². The van der Waals surface area contributed by atoms with Gasteiger partial charge >= 0.3 is 0 Å². The van der Waals surface area contributed by atoms with E-state index in [0.29, 0.717) is 6.61 Å². The van der Waals surface area contributed by atoms with Crippen molar-refractivity contribution in [2.75, 3.05) is 6.54 Å². The summed E-state index contributed by atoms with van der Waals surface area (Å²) < 4.78 is 5.96. The van der Waals surface area contributed by atoms with Gasteiger partial charge in [0.25, 0.3) is 0 Å². The molecule has 0 radical (unpaired) electrons. The molecule has 4 heteroatoms. The van der Waals surface area contributed by atoms with E-state index >= 15 is 0 Å². The summed E-state index contributed by atoms with van der Waals surface area (Å²) in [5.74, 6) is 0.872. The Kier molecular flexibility index (Phi) is 5.80. The van der Waals surface area contributed by atoms with Crippen molar-refractivity contribution in [2.24, 2.45) is 4.99 Å². The zero-order chi connectivity index (χ0) is 19.3. The molecule has 0 amide bonds. The first-order valence-electron chi connectivity index (χ1n) is 9.16. The normalized spacial score (nSPS) is 13.3. The summed E-state index contributed by atoms with van der Waals surface area (Å²) in [6.07, 6.45) is 5.05. The van der Waals surface area contributed by atoms with Crippen molar-refractivity contribution >= 4 is 35.0 Å². The summed E-state index contributed by atoms with van der Waals surface area (Å²) in [7, 11) is 0. The first-order chi connectivity index (χ1) is 13.7. The molecule has 1 aliphatic heterocycles. The monoisotopic (exact) mass is 407 g/mol. The van der Waals surface area contributed by atoms with Crippen LogP contribution in [0.1, 0.15) is 22.3 Å². The van der Waals surface area contributed by atoms with Crippen LogP contribution in [0.15, 0.2) is 77.8 Å². The van der Waals surface area contributed by atoms with Crippen LogP contribution in [0.3, 0.4) is 0 Å². The van der Waals surface area contributed by atoms with E-state index < -0.39 is 0 Å². The number of halogens is 2. The molecular formula is C24H19Cl2NO. The van der Waals surface area contributed by atoms with Crippen molar-refractivity contribution in [2.45, 2.75) is 13.0 Å². The van der Waals surface area contributed by atoms with Crippen molar-refractivity contribution < 1.29 is 4.74 Å². The molecule has 1 heterocycles. The summed E-state index contributed by atoms with van der Waals surface area (Å²) >= 11 is 11.9. The van der Waals surface area contributed by atoms with Crippen LogP contribution < -0.4 is 4.74 Å². The highest BCUT2D eigenvalue weighted by molar-refractivity contribution is 6.30. The van der Waals surface area contributed by atoms with E-state index in [9.17, 15) is 0 Å². The number of ether oxygens (including phenoxy) is 1.